The highest BCUT2D eigenvalue weighted by Crippen LogP contribution is 2.39. The Hall–Kier alpha value is -3.23. The number of nitrogens with zero attached hydrogens (tertiary/aromatic N) is 4. The highest BCUT2D eigenvalue weighted by Gasteiger charge is 2.39. The molecule has 37 heavy (non-hydrogen) atoms. The molecule has 1 aliphatic heterocycles. The number of carbonyl (C=O) groups is 1. The van der Waals surface area contributed by atoms with E-state index >= 15 is 0 Å². The molecule has 0 bridgehead atoms. The summed E-state index contributed by atoms with van der Waals surface area (Å²) in [5.74, 6) is 0.482. The van der Waals surface area contributed by atoms with Crippen molar-refractivity contribution in [2.45, 2.75) is 56.6 Å². The molecule has 4 aromatic rings. The van der Waals surface area contributed by atoms with E-state index in [2.05, 4.69) is 29.2 Å². The first-order valence-electron chi connectivity index (χ1n) is 13.2. The maximum absolute atomic E-state index is 13.6. The first-order chi connectivity index (χ1) is 18.0. The number of thiophene rings is 1. The van der Waals surface area contributed by atoms with Gasteiger partial charge in [0, 0.05) is 30.6 Å². The van der Waals surface area contributed by atoms with Crippen molar-refractivity contribution in [1.29, 1.82) is 0 Å². The van der Waals surface area contributed by atoms with Crippen molar-refractivity contribution in [3.63, 3.8) is 0 Å². The highest BCUT2D eigenvalue weighted by molar-refractivity contribution is 7.08. The minimum absolute atomic E-state index is 0.00355. The lowest BCUT2D eigenvalue weighted by molar-refractivity contribution is -0.142. The molecule has 0 radical (unpaired) electrons. The van der Waals surface area contributed by atoms with Gasteiger partial charge < -0.3 is 14.6 Å². The predicted octanol–water partition coefficient (Wildman–Crippen LogP) is 4.58. The summed E-state index contributed by atoms with van der Waals surface area (Å²) in [6.45, 7) is 1.19. The number of aromatic nitrogens is 3. The minimum Gasteiger partial charge on any atom is -0.388 e. The Balaban J connectivity index is 1.14. The van der Waals surface area contributed by atoms with Gasteiger partial charge in [-0.2, -0.15) is 11.3 Å². The Morgan fingerprint density at radius 1 is 1.08 bits per heavy atom. The predicted molar refractivity (Wildman–Crippen MR) is 145 cm³/mol. The highest BCUT2D eigenvalue weighted by atomic mass is 32.1. The normalized spacial score (nSPS) is 21.8. The molecule has 2 atom stereocenters. The van der Waals surface area contributed by atoms with Gasteiger partial charge in [-0.1, -0.05) is 43.2 Å². The number of aliphatic hydroxyl groups is 1. The quantitative estimate of drug-likeness (QED) is 0.421. The molecule has 2 unspecified atom stereocenters. The third-order valence-corrected chi connectivity index (χ3v) is 8.91. The van der Waals surface area contributed by atoms with E-state index in [0.29, 0.717) is 37.0 Å². The number of hydrogen-bond donors (Lipinski definition) is 1. The fourth-order valence-corrected chi connectivity index (χ4v) is 6.78. The molecule has 4 heterocycles. The molecule has 3 aromatic heterocycles. The van der Waals surface area contributed by atoms with Crippen LogP contribution in [0.15, 0.2) is 70.5 Å². The number of amides is 1. The third kappa shape index (κ3) is 4.64. The molecular weight excluding hydrogens is 484 g/mol. The van der Waals surface area contributed by atoms with Crippen molar-refractivity contribution in [1.82, 2.24) is 19.0 Å². The average Bonchev–Trinajstić information content (AvgIpc) is 3.61. The van der Waals surface area contributed by atoms with E-state index in [-0.39, 0.29) is 29.8 Å². The van der Waals surface area contributed by atoms with Crippen molar-refractivity contribution in [3.05, 3.63) is 81.7 Å². The van der Waals surface area contributed by atoms with Gasteiger partial charge >= 0.3 is 0 Å². The van der Waals surface area contributed by atoms with Crippen LogP contribution in [0.4, 0.5) is 0 Å². The van der Waals surface area contributed by atoms with Gasteiger partial charge in [0.25, 0.3) is 5.56 Å². The fourth-order valence-electron chi connectivity index (χ4n) is 6.15. The summed E-state index contributed by atoms with van der Waals surface area (Å²) in [4.78, 5) is 33.3. The number of piperidine rings is 1. The van der Waals surface area contributed by atoms with Gasteiger partial charge in [0.1, 0.15) is 6.33 Å². The summed E-state index contributed by atoms with van der Waals surface area (Å²) in [6, 6.07) is 14.2. The second-order valence-corrected chi connectivity index (χ2v) is 11.3. The van der Waals surface area contributed by atoms with Crippen LogP contribution < -0.4 is 5.56 Å². The molecular formula is C29H32N4O3S. The second-order valence-electron chi connectivity index (χ2n) is 10.5. The molecule has 0 spiro atoms. The molecule has 8 heteroatoms. The number of benzene rings is 1. The zero-order valence-electron chi connectivity index (χ0n) is 20.8. The Labute approximate surface area is 220 Å². The van der Waals surface area contributed by atoms with Crippen LogP contribution in [0.3, 0.4) is 0 Å². The summed E-state index contributed by atoms with van der Waals surface area (Å²) >= 11 is 1.59. The van der Waals surface area contributed by atoms with Crippen LogP contribution in [0, 0.1) is 5.92 Å². The lowest BCUT2D eigenvalue weighted by atomic mass is 9.74. The van der Waals surface area contributed by atoms with Gasteiger partial charge in [-0.05, 0) is 54.7 Å². The molecule has 2 aliphatic rings. The van der Waals surface area contributed by atoms with Crippen molar-refractivity contribution >= 4 is 28.3 Å². The summed E-state index contributed by atoms with van der Waals surface area (Å²) in [5, 5.41) is 15.9. The van der Waals surface area contributed by atoms with E-state index in [4.69, 9.17) is 0 Å². The summed E-state index contributed by atoms with van der Waals surface area (Å²) in [5.41, 5.74) is 1.65. The molecule has 192 valence electrons. The maximum atomic E-state index is 13.6. The molecule has 7 nitrogen and oxygen atoms in total. The molecule has 1 aromatic carbocycles. The number of hydrogen-bond acceptors (Lipinski definition) is 5. The Bertz CT molecular complexity index is 1440. The first kappa shape index (κ1) is 24.1. The van der Waals surface area contributed by atoms with Crippen LogP contribution in [0.2, 0.25) is 0 Å². The molecule has 1 saturated carbocycles. The number of carbonyl (C=O) groups excluding carboxylic acids is 1. The van der Waals surface area contributed by atoms with E-state index in [1.165, 1.54) is 16.5 Å². The first-order valence-corrected chi connectivity index (χ1v) is 14.1. The third-order valence-electron chi connectivity index (χ3n) is 8.24. The Kier molecular flexibility index (Phi) is 6.46. The fraction of sp³-hybridized carbons (Fsp3) is 0.414. The van der Waals surface area contributed by atoms with Gasteiger partial charge in [0.2, 0.25) is 5.91 Å². The van der Waals surface area contributed by atoms with Crippen LogP contribution in [-0.4, -0.2) is 48.7 Å². The van der Waals surface area contributed by atoms with E-state index < -0.39 is 5.60 Å². The smallest absolute Gasteiger partial charge is 0.262 e. The topological polar surface area (TPSA) is 80.4 Å². The van der Waals surface area contributed by atoms with Gasteiger partial charge in [0.05, 0.1) is 23.2 Å². The van der Waals surface area contributed by atoms with Crippen LogP contribution in [-0.2, 0) is 11.3 Å². The average molecular weight is 517 g/mol. The lowest BCUT2D eigenvalue weighted by Gasteiger charge is -2.41. The van der Waals surface area contributed by atoms with Gasteiger partial charge in [-0.25, -0.2) is 4.98 Å². The van der Waals surface area contributed by atoms with Crippen LogP contribution in [0.1, 0.15) is 50.0 Å². The van der Waals surface area contributed by atoms with Crippen LogP contribution in [0.5, 0.6) is 0 Å². The largest absolute Gasteiger partial charge is 0.388 e. The number of likely N-dealkylation sites (tertiary alicyclic amines) is 1. The van der Waals surface area contributed by atoms with Crippen molar-refractivity contribution in [2.75, 3.05) is 13.1 Å². The molecule has 6 rings (SSSR count). The van der Waals surface area contributed by atoms with Gasteiger partial charge in [-0.15, -0.1) is 0 Å². The van der Waals surface area contributed by atoms with E-state index in [1.807, 2.05) is 38.6 Å². The molecule has 1 saturated heterocycles. The lowest BCUT2D eigenvalue weighted by Crippen LogP contribution is -2.51. The summed E-state index contributed by atoms with van der Waals surface area (Å²) < 4.78 is 3.43. The van der Waals surface area contributed by atoms with Crippen LogP contribution >= 0.6 is 11.3 Å². The van der Waals surface area contributed by atoms with Crippen molar-refractivity contribution in [2.24, 2.45) is 5.92 Å². The van der Waals surface area contributed by atoms with Gasteiger partial charge in [-0.3, -0.25) is 14.2 Å². The SMILES string of the molecule is O=C(C1CCCCC1c1ccccc1)N1CCC(O)(Cn2cnc3c(ccn3-c3ccsc3)c2=O)CC1. The Morgan fingerprint density at radius 2 is 1.86 bits per heavy atom. The molecule has 1 N–H and O–H groups in total. The van der Waals surface area contributed by atoms with E-state index in [0.717, 1.165) is 31.4 Å². The van der Waals surface area contributed by atoms with E-state index in [1.54, 1.807) is 17.4 Å². The zero-order valence-corrected chi connectivity index (χ0v) is 21.6. The summed E-state index contributed by atoms with van der Waals surface area (Å²) in [7, 11) is 0. The maximum Gasteiger partial charge on any atom is 0.262 e. The standard InChI is InChI=1S/C29H32N4O3S/c34-27(24-9-5-4-8-23(24)21-6-2-1-3-7-21)31-15-12-29(36,13-16-31)19-32-20-30-26-25(28(32)35)10-14-33(26)22-11-17-37-18-22/h1-3,6-7,10-11,14,17-18,20,23-24,36H,4-5,8-9,12-13,15-16,19H2. The van der Waals surface area contributed by atoms with E-state index in [9.17, 15) is 14.7 Å². The zero-order chi connectivity index (χ0) is 25.4. The number of rotatable bonds is 5. The second kappa shape index (κ2) is 9.91. The number of fused-ring (bicyclic) bond motifs is 1. The summed E-state index contributed by atoms with van der Waals surface area (Å²) in [6.07, 6.45) is 8.50. The van der Waals surface area contributed by atoms with Crippen molar-refractivity contribution < 1.29 is 9.90 Å². The molecule has 2 fully saturated rings. The van der Waals surface area contributed by atoms with Crippen molar-refractivity contribution in [3.8, 4) is 5.69 Å². The minimum atomic E-state index is -1.04. The monoisotopic (exact) mass is 516 g/mol. The molecule has 1 aliphatic carbocycles. The Morgan fingerprint density at radius 3 is 2.62 bits per heavy atom. The molecule has 1 amide bonds. The van der Waals surface area contributed by atoms with Gasteiger partial charge in [0.15, 0.2) is 5.65 Å². The van der Waals surface area contributed by atoms with Crippen LogP contribution in [0.25, 0.3) is 16.7 Å².